The molecule has 2 fully saturated rings. The Labute approximate surface area is 163 Å². The van der Waals surface area contributed by atoms with Crippen molar-refractivity contribution in [3.8, 4) is 11.1 Å². The smallest absolute Gasteiger partial charge is 0.229 e. The predicted molar refractivity (Wildman–Crippen MR) is 109 cm³/mol. The van der Waals surface area contributed by atoms with Crippen LogP contribution in [0.25, 0.3) is 22.0 Å². The molecule has 2 heterocycles. The van der Waals surface area contributed by atoms with Gasteiger partial charge < -0.3 is 9.64 Å². The molecule has 1 saturated carbocycles. The second-order valence-corrected chi connectivity index (χ2v) is 7.34. The first kappa shape index (κ1) is 17.1. The molecule has 6 nitrogen and oxygen atoms in total. The van der Waals surface area contributed by atoms with Crippen molar-refractivity contribution in [3.05, 3.63) is 48.7 Å². The van der Waals surface area contributed by atoms with E-state index in [2.05, 4.69) is 50.5 Å². The summed E-state index contributed by atoms with van der Waals surface area (Å²) in [5.41, 5.74) is 4.26. The molecule has 28 heavy (non-hydrogen) atoms. The van der Waals surface area contributed by atoms with E-state index in [1.807, 2.05) is 12.1 Å². The molecular weight excluding hydrogens is 352 g/mol. The maximum atomic E-state index is 12.0. The standard InChI is InChI=1S/C22H22N4O2/c27-21(16-4-5-16)25-22-23-14-19-18(2-1-3-20(19)24-22)15-6-8-17(9-7-15)26-10-12-28-13-11-26/h1-3,6-9,14,16H,4-5,10-13H2,(H,23,24,25,27). The van der Waals surface area contributed by atoms with Gasteiger partial charge in [-0.3, -0.25) is 10.1 Å². The second kappa shape index (κ2) is 7.20. The fraction of sp³-hybridized carbons (Fsp3) is 0.318. The van der Waals surface area contributed by atoms with Crippen LogP contribution in [0.4, 0.5) is 11.6 Å². The van der Waals surface area contributed by atoms with Gasteiger partial charge in [-0.1, -0.05) is 24.3 Å². The zero-order valence-corrected chi connectivity index (χ0v) is 15.6. The Morgan fingerprint density at radius 1 is 1.07 bits per heavy atom. The molecule has 0 atom stereocenters. The summed E-state index contributed by atoms with van der Waals surface area (Å²) in [6.07, 6.45) is 3.73. The lowest BCUT2D eigenvalue weighted by atomic mass is 10.0. The van der Waals surface area contributed by atoms with Crippen LogP contribution < -0.4 is 10.2 Å². The fourth-order valence-corrected chi connectivity index (χ4v) is 3.60. The molecule has 2 aromatic carbocycles. The number of carbonyl (C=O) groups excluding carboxylic acids is 1. The summed E-state index contributed by atoms with van der Waals surface area (Å²) in [6.45, 7) is 3.41. The number of hydrogen-bond donors (Lipinski definition) is 1. The lowest BCUT2D eigenvalue weighted by molar-refractivity contribution is -0.117. The van der Waals surface area contributed by atoms with Crippen LogP contribution in [0.1, 0.15) is 12.8 Å². The Kier molecular flexibility index (Phi) is 4.41. The van der Waals surface area contributed by atoms with Crippen molar-refractivity contribution in [2.24, 2.45) is 5.92 Å². The SMILES string of the molecule is O=C(Nc1ncc2c(-c3ccc(N4CCOCC4)cc3)cccc2n1)C1CC1. The van der Waals surface area contributed by atoms with E-state index in [0.29, 0.717) is 5.95 Å². The van der Waals surface area contributed by atoms with Gasteiger partial charge >= 0.3 is 0 Å². The van der Waals surface area contributed by atoms with Gasteiger partial charge in [0.1, 0.15) is 0 Å². The van der Waals surface area contributed by atoms with Gasteiger partial charge in [0, 0.05) is 36.3 Å². The van der Waals surface area contributed by atoms with E-state index < -0.39 is 0 Å². The van der Waals surface area contributed by atoms with Crippen LogP contribution in [-0.4, -0.2) is 42.2 Å². The van der Waals surface area contributed by atoms with Crippen LogP contribution in [0, 0.1) is 5.92 Å². The highest BCUT2D eigenvalue weighted by atomic mass is 16.5. The van der Waals surface area contributed by atoms with Crippen molar-refractivity contribution in [2.75, 3.05) is 36.5 Å². The first-order valence-corrected chi connectivity index (χ1v) is 9.78. The molecule has 0 unspecified atom stereocenters. The molecular formula is C22H22N4O2. The Bertz CT molecular complexity index is 1010. The van der Waals surface area contributed by atoms with Crippen LogP contribution >= 0.6 is 0 Å². The van der Waals surface area contributed by atoms with Gasteiger partial charge in [-0.2, -0.15) is 0 Å². The number of ether oxygens (including phenoxy) is 1. The monoisotopic (exact) mass is 374 g/mol. The van der Waals surface area contributed by atoms with Crippen molar-refractivity contribution in [1.82, 2.24) is 9.97 Å². The van der Waals surface area contributed by atoms with Gasteiger partial charge in [-0.15, -0.1) is 0 Å². The third kappa shape index (κ3) is 3.43. The summed E-state index contributed by atoms with van der Waals surface area (Å²) < 4.78 is 5.43. The zero-order valence-electron chi connectivity index (χ0n) is 15.6. The molecule has 3 aromatic rings. The average molecular weight is 374 g/mol. The number of nitrogens with one attached hydrogen (secondary N) is 1. The maximum Gasteiger partial charge on any atom is 0.229 e. The first-order valence-electron chi connectivity index (χ1n) is 9.78. The summed E-state index contributed by atoms with van der Waals surface area (Å²) in [7, 11) is 0. The summed E-state index contributed by atoms with van der Waals surface area (Å²) >= 11 is 0. The molecule has 1 N–H and O–H groups in total. The zero-order chi connectivity index (χ0) is 18.9. The number of amides is 1. The van der Waals surface area contributed by atoms with Gasteiger partial charge in [-0.05, 0) is 42.2 Å². The van der Waals surface area contributed by atoms with E-state index in [1.165, 1.54) is 5.69 Å². The first-order chi connectivity index (χ1) is 13.8. The summed E-state index contributed by atoms with van der Waals surface area (Å²) in [5.74, 6) is 0.536. The minimum absolute atomic E-state index is 0.0224. The van der Waals surface area contributed by atoms with Crippen molar-refractivity contribution >= 4 is 28.4 Å². The van der Waals surface area contributed by atoms with Gasteiger partial charge in [-0.25, -0.2) is 9.97 Å². The topological polar surface area (TPSA) is 67.4 Å². The Balaban J connectivity index is 1.42. The molecule has 1 aromatic heterocycles. The largest absolute Gasteiger partial charge is 0.378 e. The molecule has 1 saturated heterocycles. The maximum absolute atomic E-state index is 12.0. The van der Waals surface area contributed by atoms with Crippen LogP contribution in [-0.2, 0) is 9.53 Å². The van der Waals surface area contributed by atoms with Gasteiger partial charge in [0.05, 0.1) is 18.7 Å². The van der Waals surface area contributed by atoms with Gasteiger partial charge in [0.2, 0.25) is 11.9 Å². The lowest BCUT2D eigenvalue weighted by Gasteiger charge is -2.29. The fourth-order valence-electron chi connectivity index (χ4n) is 3.60. The van der Waals surface area contributed by atoms with Crippen molar-refractivity contribution in [1.29, 1.82) is 0 Å². The minimum Gasteiger partial charge on any atom is -0.378 e. The van der Waals surface area contributed by atoms with E-state index >= 15 is 0 Å². The number of nitrogens with zero attached hydrogens (tertiary/aromatic N) is 3. The Hall–Kier alpha value is -2.99. The summed E-state index contributed by atoms with van der Waals surface area (Å²) in [5, 5.41) is 3.80. The van der Waals surface area contributed by atoms with Crippen LogP contribution in [0.15, 0.2) is 48.7 Å². The number of carbonyl (C=O) groups is 1. The molecule has 0 spiro atoms. The number of morpholine rings is 1. The highest BCUT2D eigenvalue weighted by molar-refractivity contribution is 5.96. The normalized spacial score (nSPS) is 16.9. The van der Waals surface area contributed by atoms with Crippen molar-refractivity contribution in [2.45, 2.75) is 12.8 Å². The van der Waals surface area contributed by atoms with E-state index in [9.17, 15) is 4.79 Å². The van der Waals surface area contributed by atoms with Crippen LogP contribution in [0.2, 0.25) is 0 Å². The molecule has 1 aliphatic carbocycles. The molecule has 5 rings (SSSR count). The predicted octanol–water partition coefficient (Wildman–Crippen LogP) is 3.48. The van der Waals surface area contributed by atoms with Gasteiger partial charge in [0.15, 0.2) is 0 Å². The van der Waals surface area contributed by atoms with E-state index in [-0.39, 0.29) is 11.8 Å². The highest BCUT2D eigenvalue weighted by Crippen LogP contribution is 2.31. The molecule has 0 bridgehead atoms. The Morgan fingerprint density at radius 2 is 1.86 bits per heavy atom. The number of anilines is 2. The Morgan fingerprint density at radius 3 is 2.61 bits per heavy atom. The van der Waals surface area contributed by atoms with E-state index in [0.717, 1.165) is 61.2 Å². The molecule has 1 aliphatic heterocycles. The number of aromatic nitrogens is 2. The number of benzene rings is 2. The molecule has 0 radical (unpaired) electrons. The van der Waals surface area contributed by atoms with Crippen molar-refractivity contribution < 1.29 is 9.53 Å². The number of rotatable bonds is 4. The number of hydrogen-bond acceptors (Lipinski definition) is 5. The molecule has 1 amide bonds. The van der Waals surface area contributed by atoms with Crippen LogP contribution in [0.3, 0.4) is 0 Å². The highest BCUT2D eigenvalue weighted by Gasteiger charge is 2.30. The quantitative estimate of drug-likeness (QED) is 0.757. The van der Waals surface area contributed by atoms with E-state index in [4.69, 9.17) is 4.74 Å². The van der Waals surface area contributed by atoms with Crippen LogP contribution in [0.5, 0.6) is 0 Å². The van der Waals surface area contributed by atoms with E-state index in [1.54, 1.807) is 6.20 Å². The third-order valence-electron chi connectivity index (χ3n) is 5.36. The van der Waals surface area contributed by atoms with Gasteiger partial charge in [0.25, 0.3) is 0 Å². The average Bonchev–Trinajstić information content (AvgIpc) is 3.60. The summed E-state index contributed by atoms with van der Waals surface area (Å²) in [6, 6.07) is 14.6. The third-order valence-corrected chi connectivity index (χ3v) is 5.36. The van der Waals surface area contributed by atoms with Crippen molar-refractivity contribution in [3.63, 3.8) is 0 Å². The second-order valence-electron chi connectivity index (χ2n) is 7.34. The molecule has 142 valence electrons. The minimum atomic E-state index is 0.0224. The lowest BCUT2D eigenvalue weighted by Crippen LogP contribution is -2.36. The summed E-state index contributed by atoms with van der Waals surface area (Å²) in [4.78, 5) is 23.2. The molecule has 2 aliphatic rings. The molecule has 6 heteroatoms. The number of fused-ring (bicyclic) bond motifs is 1.